The Morgan fingerprint density at radius 2 is 2.04 bits per heavy atom. The van der Waals surface area contributed by atoms with Crippen LogP contribution in [-0.2, 0) is 13.1 Å². The molecule has 1 aliphatic rings. The van der Waals surface area contributed by atoms with Gasteiger partial charge in [0.05, 0.1) is 18.5 Å². The number of methoxy groups -OCH3 is 1. The maximum atomic E-state index is 5.53. The zero-order valence-corrected chi connectivity index (χ0v) is 15.9. The normalized spacial score (nSPS) is 18.6. The number of aryl methyl sites for hydroxylation is 2. The molecule has 136 valence electrons. The van der Waals surface area contributed by atoms with Crippen molar-refractivity contribution in [3.63, 3.8) is 0 Å². The second-order valence-corrected chi connectivity index (χ2v) is 6.94. The van der Waals surface area contributed by atoms with Crippen LogP contribution in [0.1, 0.15) is 31.5 Å². The molecule has 1 aromatic heterocycles. The van der Waals surface area contributed by atoms with Crippen molar-refractivity contribution in [1.82, 2.24) is 14.7 Å². The van der Waals surface area contributed by atoms with Crippen LogP contribution >= 0.6 is 0 Å². The highest BCUT2D eigenvalue weighted by atomic mass is 16.5. The maximum absolute atomic E-state index is 5.53. The summed E-state index contributed by atoms with van der Waals surface area (Å²) in [4.78, 5) is 5.00. The van der Waals surface area contributed by atoms with E-state index in [0.717, 1.165) is 50.6 Å². The third-order valence-corrected chi connectivity index (χ3v) is 5.07. The SMILES string of the molecule is CCCn1cc(CN2CCN(c3ccccc3OC)C[C@H]2C)c(C)n1. The molecule has 0 radical (unpaired) electrons. The van der Waals surface area contributed by atoms with E-state index in [-0.39, 0.29) is 0 Å². The van der Waals surface area contributed by atoms with Gasteiger partial charge < -0.3 is 9.64 Å². The van der Waals surface area contributed by atoms with Crippen molar-refractivity contribution in [2.24, 2.45) is 0 Å². The van der Waals surface area contributed by atoms with E-state index in [9.17, 15) is 0 Å². The van der Waals surface area contributed by atoms with Gasteiger partial charge in [-0.15, -0.1) is 0 Å². The standard InChI is InChI=1S/C20H30N4O/c1-5-10-24-15-18(17(3)21-24)14-22-11-12-23(13-16(22)2)19-8-6-7-9-20(19)25-4/h6-9,15-16H,5,10-14H2,1-4H3/t16-/m1/s1. The summed E-state index contributed by atoms with van der Waals surface area (Å²) in [5.41, 5.74) is 3.71. The molecule has 25 heavy (non-hydrogen) atoms. The van der Waals surface area contributed by atoms with E-state index < -0.39 is 0 Å². The summed E-state index contributed by atoms with van der Waals surface area (Å²) in [5.74, 6) is 0.958. The van der Waals surface area contributed by atoms with E-state index in [1.807, 2.05) is 12.1 Å². The minimum absolute atomic E-state index is 0.493. The van der Waals surface area contributed by atoms with E-state index in [0.29, 0.717) is 6.04 Å². The van der Waals surface area contributed by atoms with Gasteiger partial charge in [0, 0.05) is 50.5 Å². The predicted molar refractivity (Wildman–Crippen MR) is 102 cm³/mol. The summed E-state index contributed by atoms with van der Waals surface area (Å²) >= 11 is 0. The minimum Gasteiger partial charge on any atom is -0.495 e. The van der Waals surface area contributed by atoms with Crippen molar-refractivity contribution in [3.05, 3.63) is 41.7 Å². The first-order valence-electron chi connectivity index (χ1n) is 9.27. The molecule has 5 nitrogen and oxygen atoms in total. The zero-order chi connectivity index (χ0) is 17.8. The summed E-state index contributed by atoms with van der Waals surface area (Å²) in [5, 5.41) is 4.64. The predicted octanol–water partition coefficient (Wildman–Crippen LogP) is 3.32. The number of piperazine rings is 1. The minimum atomic E-state index is 0.493. The van der Waals surface area contributed by atoms with Crippen LogP contribution in [0.25, 0.3) is 0 Å². The fourth-order valence-electron chi connectivity index (χ4n) is 3.62. The topological polar surface area (TPSA) is 33.5 Å². The first-order chi connectivity index (χ1) is 12.1. The number of ether oxygens (including phenoxy) is 1. The second kappa shape index (κ2) is 7.91. The van der Waals surface area contributed by atoms with E-state index in [1.54, 1.807) is 7.11 Å². The van der Waals surface area contributed by atoms with Gasteiger partial charge in [-0.05, 0) is 32.4 Å². The highest BCUT2D eigenvalue weighted by Gasteiger charge is 2.26. The van der Waals surface area contributed by atoms with E-state index in [2.05, 4.69) is 58.7 Å². The lowest BCUT2D eigenvalue weighted by Crippen LogP contribution is -2.51. The van der Waals surface area contributed by atoms with Gasteiger partial charge >= 0.3 is 0 Å². The van der Waals surface area contributed by atoms with Gasteiger partial charge in [0.15, 0.2) is 0 Å². The van der Waals surface area contributed by atoms with Crippen LogP contribution in [0.3, 0.4) is 0 Å². The maximum Gasteiger partial charge on any atom is 0.142 e. The van der Waals surface area contributed by atoms with Crippen molar-refractivity contribution >= 4 is 5.69 Å². The lowest BCUT2D eigenvalue weighted by Gasteiger charge is -2.41. The number of aromatic nitrogens is 2. The average molecular weight is 342 g/mol. The lowest BCUT2D eigenvalue weighted by molar-refractivity contribution is 0.180. The van der Waals surface area contributed by atoms with Crippen LogP contribution in [0.2, 0.25) is 0 Å². The number of hydrogen-bond acceptors (Lipinski definition) is 4. The first-order valence-corrected chi connectivity index (χ1v) is 9.27. The Hall–Kier alpha value is -2.01. The van der Waals surface area contributed by atoms with E-state index >= 15 is 0 Å². The smallest absolute Gasteiger partial charge is 0.142 e. The van der Waals surface area contributed by atoms with Gasteiger partial charge in [-0.25, -0.2) is 0 Å². The van der Waals surface area contributed by atoms with Crippen molar-refractivity contribution in [3.8, 4) is 5.75 Å². The van der Waals surface area contributed by atoms with Crippen LogP contribution < -0.4 is 9.64 Å². The first kappa shape index (κ1) is 17.8. The molecule has 0 N–H and O–H groups in total. The van der Waals surface area contributed by atoms with E-state index in [4.69, 9.17) is 4.74 Å². The molecule has 1 atom stereocenters. The molecule has 2 aromatic rings. The molecule has 2 heterocycles. The Kier molecular flexibility index (Phi) is 5.63. The summed E-state index contributed by atoms with van der Waals surface area (Å²) in [6.07, 6.45) is 3.34. The largest absolute Gasteiger partial charge is 0.495 e. The number of benzene rings is 1. The van der Waals surface area contributed by atoms with Gasteiger partial charge in [0.1, 0.15) is 5.75 Å². The Morgan fingerprint density at radius 3 is 2.76 bits per heavy atom. The Labute approximate surface area is 151 Å². The van der Waals surface area contributed by atoms with Crippen molar-refractivity contribution in [1.29, 1.82) is 0 Å². The molecule has 1 fully saturated rings. The van der Waals surface area contributed by atoms with Gasteiger partial charge in [-0.1, -0.05) is 19.1 Å². The van der Waals surface area contributed by atoms with Crippen LogP contribution in [0.5, 0.6) is 5.75 Å². The zero-order valence-electron chi connectivity index (χ0n) is 15.9. The molecular formula is C20H30N4O. The van der Waals surface area contributed by atoms with Crippen LogP contribution in [0, 0.1) is 6.92 Å². The van der Waals surface area contributed by atoms with Crippen molar-refractivity contribution < 1.29 is 4.74 Å². The number of hydrogen-bond donors (Lipinski definition) is 0. The number of nitrogens with zero attached hydrogens (tertiary/aromatic N) is 4. The lowest BCUT2D eigenvalue weighted by atomic mass is 10.1. The fraction of sp³-hybridized carbons (Fsp3) is 0.550. The Morgan fingerprint density at radius 1 is 1.24 bits per heavy atom. The molecule has 0 bridgehead atoms. The monoisotopic (exact) mass is 342 g/mol. The number of anilines is 1. The summed E-state index contributed by atoms with van der Waals surface area (Å²) in [7, 11) is 1.75. The molecular weight excluding hydrogens is 312 g/mol. The quantitative estimate of drug-likeness (QED) is 0.806. The third-order valence-electron chi connectivity index (χ3n) is 5.07. The van der Waals surface area contributed by atoms with E-state index in [1.165, 1.54) is 11.3 Å². The molecule has 0 unspecified atom stereocenters. The summed E-state index contributed by atoms with van der Waals surface area (Å²) in [6.45, 7) is 11.7. The number of para-hydroxylation sites is 2. The molecule has 1 aromatic carbocycles. The highest BCUT2D eigenvalue weighted by Crippen LogP contribution is 2.29. The summed E-state index contributed by atoms with van der Waals surface area (Å²) in [6, 6.07) is 8.80. The fourth-order valence-corrected chi connectivity index (χ4v) is 3.62. The molecule has 1 aliphatic heterocycles. The molecule has 0 saturated carbocycles. The molecule has 0 aliphatic carbocycles. The van der Waals surface area contributed by atoms with Crippen LogP contribution in [0.4, 0.5) is 5.69 Å². The van der Waals surface area contributed by atoms with Gasteiger partial charge in [0.25, 0.3) is 0 Å². The van der Waals surface area contributed by atoms with Gasteiger partial charge in [0.2, 0.25) is 0 Å². The molecule has 3 rings (SSSR count). The van der Waals surface area contributed by atoms with Gasteiger partial charge in [-0.3, -0.25) is 9.58 Å². The molecule has 1 saturated heterocycles. The summed E-state index contributed by atoms with van der Waals surface area (Å²) < 4.78 is 7.62. The number of rotatable bonds is 6. The van der Waals surface area contributed by atoms with Crippen molar-refractivity contribution in [2.75, 3.05) is 31.6 Å². The van der Waals surface area contributed by atoms with Gasteiger partial charge in [-0.2, -0.15) is 5.10 Å². The third kappa shape index (κ3) is 3.98. The van der Waals surface area contributed by atoms with Crippen molar-refractivity contribution in [2.45, 2.75) is 46.3 Å². The Bertz CT molecular complexity index is 697. The molecule has 0 spiro atoms. The average Bonchev–Trinajstić information content (AvgIpc) is 2.96. The Balaban J connectivity index is 1.66. The second-order valence-electron chi connectivity index (χ2n) is 6.94. The highest BCUT2D eigenvalue weighted by molar-refractivity contribution is 5.58. The van der Waals surface area contributed by atoms with Crippen LogP contribution in [0.15, 0.2) is 30.5 Å². The molecule has 0 amide bonds. The van der Waals surface area contributed by atoms with Crippen LogP contribution in [-0.4, -0.2) is 47.5 Å². The molecule has 5 heteroatoms.